The predicted molar refractivity (Wildman–Crippen MR) is 84.7 cm³/mol. The summed E-state index contributed by atoms with van der Waals surface area (Å²) in [5, 5.41) is 0. The summed E-state index contributed by atoms with van der Waals surface area (Å²) in [5.41, 5.74) is 1.23. The fraction of sp³-hybridized carbons (Fsp3) is 0.667. The van der Waals surface area contributed by atoms with Gasteiger partial charge in [0, 0.05) is 6.54 Å². The topological polar surface area (TPSA) is 6.48 Å². The molecule has 2 heterocycles. The Morgan fingerprint density at radius 3 is 2.24 bits per heavy atom. The Hall–Kier alpha value is -0.930. The number of piperidine rings is 1. The maximum atomic E-state index is 12.9. The van der Waals surface area contributed by atoms with E-state index in [1.807, 2.05) is 12.1 Å². The molecule has 0 atom stereocenters. The minimum absolute atomic E-state index is 0.139. The van der Waals surface area contributed by atoms with Crippen molar-refractivity contribution >= 4 is 0 Å². The first kappa shape index (κ1) is 15.0. The number of hydrogen-bond acceptors (Lipinski definition) is 2. The smallest absolute Gasteiger partial charge is 0.123 e. The summed E-state index contributed by atoms with van der Waals surface area (Å²) in [6.07, 6.45) is 6.83. The van der Waals surface area contributed by atoms with Gasteiger partial charge in [0.1, 0.15) is 5.82 Å². The minimum atomic E-state index is -0.139. The average Bonchev–Trinajstić information content (AvgIpc) is 3.02. The van der Waals surface area contributed by atoms with Gasteiger partial charge in [-0.3, -0.25) is 4.90 Å². The van der Waals surface area contributed by atoms with Crippen molar-refractivity contribution < 1.29 is 4.39 Å². The van der Waals surface area contributed by atoms with E-state index in [1.165, 1.54) is 70.4 Å². The number of halogens is 1. The van der Waals surface area contributed by atoms with Crippen molar-refractivity contribution in [3.8, 4) is 0 Å². The summed E-state index contributed by atoms with van der Waals surface area (Å²) < 4.78 is 12.9. The standard InChI is InChI=1S/C18H27FN2/c19-18-5-3-17(4-6-18)15-21-13-8-16(9-14-21)7-12-20-10-1-2-11-20/h3-6,16H,1-2,7-15H2. The predicted octanol–water partition coefficient (Wildman–Crippen LogP) is 3.52. The molecule has 0 aromatic heterocycles. The maximum absolute atomic E-state index is 12.9. The van der Waals surface area contributed by atoms with Crippen LogP contribution in [0.2, 0.25) is 0 Å². The molecule has 3 rings (SSSR count). The Labute approximate surface area is 127 Å². The summed E-state index contributed by atoms with van der Waals surface area (Å²) in [4.78, 5) is 5.14. The van der Waals surface area contributed by atoms with Crippen molar-refractivity contribution in [3.63, 3.8) is 0 Å². The van der Waals surface area contributed by atoms with Crippen LogP contribution < -0.4 is 0 Å². The van der Waals surface area contributed by atoms with E-state index in [1.54, 1.807) is 12.1 Å². The van der Waals surface area contributed by atoms with Crippen molar-refractivity contribution in [1.29, 1.82) is 0 Å². The molecule has 1 aromatic rings. The molecule has 0 aliphatic carbocycles. The van der Waals surface area contributed by atoms with E-state index in [0.29, 0.717) is 0 Å². The zero-order chi connectivity index (χ0) is 14.5. The van der Waals surface area contributed by atoms with Crippen LogP contribution in [0.5, 0.6) is 0 Å². The highest BCUT2D eigenvalue weighted by atomic mass is 19.1. The number of nitrogens with zero attached hydrogens (tertiary/aromatic N) is 2. The average molecular weight is 290 g/mol. The Morgan fingerprint density at radius 1 is 0.905 bits per heavy atom. The molecule has 0 unspecified atom stereocenters. The van der Waals surface area contributed by atoms with Gasteiger partial charge in [-0.05, 0) is 88.4 Å². The van der Waals surface area contributed by atoms with Crippen molar-refractivity contribution in [2.45, 2.75) is 38.6 Å². The lowest BCUT2D eigenvalue weighted by molar-refractivity contribution is 0.162. The van der Waals surface area contributed by atoms with Gasteiger partial charge in [0.15, 0.2) is 0 Å². The van der Waals surface area contributed by atoms with E-state index in [9.17, 15) is 4.39 Å². The molecule has 0 saturated carbocycles. The maximum Gasteiger partial charge on any atom is 0.123 e. The van der Waals surface area contributed by atoms with E-state index < -0.39 is 0 Å². The van der Waals surface area contributed by atoms with Crippen molar-refractivity contribution in [2.24, 2.45) is 5.92 Å². The van der Waals surface area contributed by atoms with E-state index >= 15 is 0 Å². The van der Waals surface area contributed by atoms with Crippen LogP contribution in [-0.2, 0) is 6.54 Å². The van der Waals surface area contributed by atoms with Crippen LogP contribution >= 0.6 is 0 Å². The highest BCUT2D eigenvalue weighted by Crippen LogP contribution is 2.23. The van der Waals surface area contributed by atoms with Crippen molar-refractivity contribution in [2.75, 3.05) is 32.7 Å². The number of hydrogen-bond donors (Lipinski definition) is 0. The molecule has 2 aliphatic heterocycles. The monoisotopic (exact) mass is 290 g/mol. The molecule has 2 fully saturated rings. The van der Waals surface area contributed by atoms with E-state index in [2.05, 4.69) is 9.80 Å². The third kappa shape index (κ3) is 4.52. The van der Waals surface area contributed by atoms with Crippen LogP contribution in [0.3, 0.4) is 0 Å². The molecular weight excluding hydrogens is 263 g/mol. The summed E-state index contributed by atoms with van der Waals surface area (Å²) >= 11 is 0. The van der Waals surface area contributed by atoms with Gasteiger partial charge in [-0.15, -0.1) is 0 Å². The van der Waals surface area contributed by atoms with Gasteiger partial charge < -0.3 is 4.90 Å². The normalized spacial score (nSPS) is 22.0. The van der Waals surface area contributed by atoms with Crippen molar-refractivity contribution in [1.82, 2.24) is 9.80 Å². The van der Waals surface area contributed by atoms with E-state index in [4.69, 9.17) is 0 Å². The first-order valence-corrected chi connectivity index (χ1v) is 8.49. The Bertz CT molecular complexity index is 417. The molecule has 0 N–H and O–H groups in total. The van der Waals surface area contributed by atoms with E-state index in [-0.39, 0.29) is 5.82 Å². The second-order valence-corrected chi connectivity index (χ2v) is 6.68. The molecule has 0 amide bonds. The number of likely N-dealkylation sites (tertiary alicyclic amines) is 2. The van der Waals surface area contributed by atoms with Gasteiger partial charge >= 0.3 is 0 Å². The minimum Gasteiger partial charge on any atom is -0.303 e. The third-order valence-corrected chi connectivity index (χ3v) is 5.08. The quantitative estimate of drug-likeness (QED) is 0.818. The van der Waals surface area contributed by atoms with Gasteiger partial charge in [0.05, 0.1) is 0 Å². The molecule has 1 aromatic carbocycles. The zero-order valence-electron chi connectivity index (χ0n) is 12.9. The lowest BCUT2D eigenvalue weighted by Gasteiger charge is -2.32. The fourth-order valence-corrected chi connectivity index (χ4v) is 3.65. The first-order chi connectivity index (χ1) is 10.3. The fourth-order valence-electron chi connectivity index (χ4n) is 3.65. The summed E-state index contributed by atoms with van der Waals surface area (Å²) in [7, 11) is 0. The highest BCUT2D eigenvalue weighted by Gasteiger charge is 2.20. The number of benzene rings is 1. The lowest BCUT2D eigenvalue weighted by atomic mass is 9.93. The largest absolute Gasteiger partial charge is 0.303 e. The van der Waals surface area contributed by atoms with Crippen LogP contribution in [0.25, 0.3) is 0 Å². The first-order valence-electron chi connectivity index (χ1n) is 8.49. The molecule has 21 heavy (non-hydrogen) atoms. The molecular formula is C18H27FN2. The zero-order valence-corrected chi connectivity index (χ0v) is 12.9. The van der Waals surface area contributed by atoms with Crippen LogP contribution in [0.1, 0.15) is 37.7 Å². The molecule has 3 heteroatoms. The second kappa shape index (κ2) is 7.37. The van der Waals surface area contributed by atoms with Gasteiger partial charge in [-0.25, -0.2) is 4.39 Å². The third-order valence-electron chi connectivity index (χ3n) is 5.08. The van der Waals surface area contributed by atoms with Crippen LogP contribution in [0.4, 0.5) is 4.39 Å². The van der Waals surface area contributed by atoms with Crippen LogP contribution in [0, 0.1) is 11.7 Å². The van der Waals surface area contributed by atoms with Crippen molar-refractivity contribution in [3.05, 3.63) is 35.6 Å². The lowest BCUT2D eigenvalue weighted by Crippen LogP contribution is -2.34. The van der Waals surface area contributed by atoms with Gasteiger partial charge in [0.2, 0.25) is 0 Å². The SMILES string of the molecule is Fc1ccc(CN2CCC(CCN3CCCC3)CC2)cc1. The molecule has 0 bridgehead atoms. The highest BCUT2D eigenvalue weighted by molar-refractivity contribution is 5.15. The van der Waals surface area contributed by atoms with Gasteiger partial charge in [0.25, 0.3) is 0 Å². The summed E-state index contributed by atoms with van der Waals surface area (Å²) in [6.45, 7) is 7.32. The molecule has 2 nitrogen and oxygen atoms in total. The van der Waals surface area contributed by atoms with Crippen LogP contribution in [0.15, 0.2) is 24.3 Å². The summed E-state index contributed by atoms with van der Waals surface area (Å²) in [5.74, 6) is 0.773. The Kier molecular flexibility index (Phi) is 5.26. The molecule has 0 spiro atoms. The van der Waals surface area contributed by atoms with Gasteiger partial charge in [-0.1, -0.05) is 12.1 Å². The molecule has 0 radical (unpaired) electrons. The Morgan fingerprint density at radius 2 is 1.57 bits per heavy atom. The molecule has 2 aliphatic rings. The Balaban J connectivity index is 1.37. The summed E-state index contributed by atoms with van der Waals surface area (Å²) in [6, 6.07) is 6.96. The molecule has 116 valence electrons. The van der Waals surface area contributed by atoms with Crippen LogP contribution in [-0.4, -0.2) is 42.5 Å². The van der Waals surface area contributed by atoms with E-state index in [0.717, 1.165) is 12.5 Å². The van der Waals surface area contributed by atoms with Gasteiger partial charge in [-0.2, -0.15) is 0 Å². The molecule has 2 saturated heterocycles. The second-order valence-electron chi connectivity index (χ2n) is 6.68. The number of rotatable bonds is 5.